The van der Waals surface area contributed by atoms with Crippen LogP contribution in [0.4, 0.5) is 10.1 Å². The van der Waals surface area contributed by atoms with E-state index in [1.165, 1.54) is 43.4 Å². The van der Waals surface area contributed by atoms with Crippen LogP contribution in [0.15, 0.2) is 72.3 Å². The van der Waals surface area contributed by atoms with E-state index in [1.54, 1.807) is 36.4 Å². The lowest BCUT2D eigenvalue weighted by atomic mass is 9.49. The second kappa shape index (κ2) is 14.4. The van der Waals surface area contributed by atoms with Gasteiger partial charge in [0.25, 0.3) is 11.8 Å². The number of nitrogens with zero attached hydrogens (tertiary/aromatic N) is 2. The number of carboxylic acids is 1. The van der Waals surface area contributed by atoms with Gasteiger partial charge >= 0.3 is 5.97 Å². The molecule has 4 amide bonds. The average Bonchev–Trinajstić information content (AvgIpc) is 3.53. The number of imide groups is 2. The molecule has 14 heteroatoms. The lowest BCUT2D eigenvalue weighted by molar-refractivity contribution is -0.141. The number of phenols is 1. The van der Waals surface area contributed by atoms with Crippen LogP contribution in [-0.2, 0) is 29.4 Å². The van der Waals surface area contributed by atoms with Crippen LogP contribution in [0.5, 0.6) is 17.2 Å². The molecule has 1 saturated carbocycles. The first-order chi connectivity index (χ1) is 25.9. The van der Waals surface area contributed by atoms with Crippen molar-refractivity contribution < 1.29 is 48.0 Å². The molecule has 2 aliphatic carbocycles. The molecule has 2 heterocycles. The third kappa shape index (κ3) is 5.94. The van der Waals surface area contributed by atoms with Crippen molar-refractivity contribution in [3.63, 3.8) is 0 Å². The van der Waals surface area contributed by atoms with Crippen LogP contribution in [0.3, 0.4) is 0 Å². The number of carboxylic acid groups (broad SMARTS) is 1. The zero-order valence-electron chi connectivity index (χ0n) is 29.6. The van der Waals surface area contributed by atoms with Gasteiger partial charge in [0.15, 0.2) is 11.5 Å². The minimum Gasteiger partial charge on any atom is -0.502 e. The third-order valence-corrected chi connectivity index (χ3v) is 11.7. The van der Waals surface area contributed by atoms with Crippen LogP contribution < -0.4 is 14.9 Å². The molecule has 0 radical (unpaired) electrons. The molecule has 2 saturated heterocycles. The highest BCUT2D eigenvalue weighted by Crippen LogP contribution is 2.64. The fourth-order valence-corrected chi connectivity index (χ4v) is 9.25. The minimum atomic E-state index is -1.63. The summed E-state index contributed by atoms with van der Waals surface area (Å²) in [5.41, 5.74) is 3.20. The summed E-state index contributed by atoms with van der Waals surface area (Å²) >= 11 is 6.36. The number of rotatable bonds is 12. The Morgan fingerprint density at radius 1 is 0.926 bits per heavy atom. The maximum Gasteiger partial charge on any atom is 0.303 e. The van der Waals surface area contributed by atoms with Gasteiger partial charge in [-0.1, -0.05) is 41.8 Å². The molecule has 7 rings (SSSR count). The van der Waals surface area contributed by atoms with E-state index < -0.39 is 58.6 Å². The maximum absolute atomic E-state index is 15.3. The van der Waals surface area contributed by atoms with E-state index in [0.29, 0.717) is 46.7 Å². The molecule has 282 valence electrons. The largest absolute Gasteiger partial charge is 0.502 e. The number of methoxy groups -OCH3 is 2. The Hall–Kier alpha value is -5.43. The van der Waals surface area contributed by atoms with Crippen molar-refractivity contribution in [3.8, 4) is 17.2 Å². The van der Waals surface area contributed by atoms with Crippen LogP contribution >= 0.6 is 11.6 Å². The average molecular weight is 760 g/mol. The summed E-state index contributed by atoms with van der Waals surface area (Å²) in [5, 5.41) is 21.3. The first-order valence-electron chi connectivity index (χ1n) is 17.8. The number of aliphatic carboxylic acids is 1. The number of anilines is 1. The number of allylic oxidation sites excluding steroid dienone is 2. The highest BCUT2D eigenvalue weighted by Gasteiger charge is 2.70. The van der Waals surface area contributed by atoms with E-state index in [1.807, 2.05) is 6.08 Å². The maximum atomic E-state index is 15.3. The van der Waals surface area contributed by atoms with Crippen molar-refractivity contribution in [3.05, 3.63) is 94.3 Å². The highest BCUT2D eigenvalue weighted by atomic mass is 35.5. The lowest BCUT2D eigenvalue weighted by Crippen LogP contribution is -2.53. The molecule has 6 unspecified atom stereocenters. The number of ether oxygens (including phenoxy) is 2. The number of aromatic hydroxyl groups is 1. The Morgan fingerprint density at radius 2 is 1.59 bits per heavy atom. The number of hydrazine groups is 1. The van der Waals surface area contributed by atoms with Crippen molar-refractivity contribution in [1.82, 2.24) is 9.91 Å². The smallest absolute Gasteiger partial charge is 0.303 e. The molecule has 0 aromatic heterocycles. The normalized spacial score (nSPS) is 25.9. The van der Waals surface area contributed by atoms with Gasteiger partial charge in [-0.3, -0.25) is 34.3 Å². The summed E-state index contributed by atoms with van der Waals surface area (Å²) in [6.45, 7) is 0.146. The number of benzene rings is 3. The summed E-state index contributed by atoms with van der Waals surface area (Å²) < 4.78 is 25.0. The number of fused-ring (bicyclic) bond motifs is 4. The molecule has 0 bridgehead atoms. The Balaban J connectivity index is 1.39. The van der Waals surface area contributed by atoms with Crippen molar-refractivity contribution in [1.29, 1.82) is 0 Å². The Morgan fingerprint density at radius 3 is 2.22 bits per heavy atom. The molecular formula is C40H39ClFN3O9. The van der Waals surface area contributed by atoms with Crippen LogP contribution in [0.2, 0.25) is 5.02 Å². The van der Waals surface area contributed by atoms with Crippen LogP contribution in [-0.4, -0.2) is 70.5 Å². The van der Waals surface area contributed by atoms with Gasteiger partial charge < -0.3 is 19.7 Å². The fourth-order valence-electron chi connectivity index (χ4n) is 9.12. The van der Waals surface area contributed by atoms with Crippen molar-refractivity contribution in [2.75, 3.05) is 26.2 Å². The third-order valence-electron chi connectivity index (χ3n) is 11.5. The number of hydrogen-bond acceptors (Lipinski definition) is 9. The van der Waals surface area contributed by atoms with Crippen LogP contribution in [0, 0.1) is 29.5 Å². The van der Waals surface area contributed by atoms with E-state index in [4.69, 9.17) is 26.2 Å². The molecule has 12 nitrogen and oxygen atoms in total. The molecule has 6 atom stereocenters. The number of unbranched alkanes of at least 4 members (excludes halogenated alkanes) is 2. The number of carbonyl (C=O) groups is 5. The lowest BCUT2D eigenvalue weighted by Gasteiger charge is -2.50. The van der Waals surface area contributed by atoms with Gasteiger partial charge in [-0.2, -0.15) is 5.01 Å². The van der Waals surface area contributed by atoms with Crippen molar-refractivity contribution >= 4 is 46.9 Å². The predicted octanol–water partition coefficient (Wildman–Crippen LogP) is 5.83. The van der Waals surface area contributed by atoms with Crippen LogP contribution in [0.1, 0.15) is 55.6 Å². The molecule has 3 aromatic rings. The van der Waals surface area contributed by atoms with E-state index in [2.05, 4.69) is 5.43 Å². The number of carbonyl (C=O) groups excluding carboxylic acids is 4. The Kier molecular flexibility index (Phi) is 9.86. The SMILES string of the molecule is COc1cc(C2C3=CCC4C(=O)N(CCCCCC(=O)O)C(=O)C4C3CC3C(=O)N(Nc4ccc(F)cc4)C(=O)C32c2ccc(Cl)cc2)cc(OC)c1O. The van der Waals surface area contributed by atoms with Gasteiger partial charge in [-0.05, 0) is 91.3 Å². The second-order valence-electron chi connectivity index (χ2n) is 14.2. The van der Waals surface area contributed by atoms with E-state index in [9.17, 15) is 28.7 Å². The first kappa shape index (κ1) is 36.9. The standard InChI is InChI=1S/C40H39ClFN3O9/c1-53-30-18-21(19-31(54-2)35(30)48)34-26-15-16-27-33(38(51)44(36(27)49)17-5-3-4-6-32(46)47)28(26)20-29-37(50)45(43-25-13-11-24(42)12-14-25)39(52)40(29,34)22-7-9-23(41)10-8-22/h7-15,18-19,27-29,33-34,43,48H,3-6,16-17,20H2,1-2H3,(H,46,47). The topological polar surface area (TPSA) is 163 Å². The highest BCUT2D eigenvalue weighted by molar-refractivity contribution is 6.30. The van der Waals surface area contributed by atoms with Gasteiger partial charge in [0.05, 0.1) is 43.1 Å². The first-order valence-corrected chi connectivity index (χ1v) is 18.2. The quantitative estimate of drug-likeness (QED) is 0.116. The van der Waals surface area contributed by atoms with Crippen molar-refractivity contribution in [2.45, 2.75) is 49.9 Å². The van der Waals surface area contributed by atoms with Gasteiger partial charge in [-0.25, -0.2) is 4.39 Å². The fraction of sp³-hybridized carbons (Fsp3) is 0.375. The molecule has 3 N–H and O–H groups in total. The molecule has 4 aliphatic rings. The van der Waals surface area contributed by atoms with Gasteiger partial charge in [0, 0.05) is 23.9 Å². The van der Waals surface area contributed by atoms with Gasteiger partial charge in [-0.15, -0.1) is 0 Å². The Labute approximate surface area is 315 Å². The number of phenolic OH excluding ortho intramolecular Hbond substituents is 1. The molecule has 3 fully saturated rings. The zero-order valence-corrected chi connectivity index (χ0v) is 30.3. The van der Waals surface area contributed by atoms with E-state index >= 15 is 4.79 Å². The number of amides is 4. The monoisotopic (exact) mass is 759 g/mol. The summed E-state index contributed by atoms with van der Waals surface area (Å²) in [6.07, 6.45) is 3.55. The predicted molar refractivity (Wildman–Crippen MR) is 193 cm³/mol. The van der Waals surface area contributed by atoms with Gasteiger partial charge in [0.2, 0.25) is 17.6 Å². The summed E-state index contributed by atoms with van der Waals surface area (Å²) in [4.78, 5) is 70.5. The van der Waals surface area contributed by atoms with Gasteiger partial charge in [0.1, 0.15) is 5.82 Å². The Bertz CT molecular complexity index is 2030. The molecule has 3 aromatic carbocycles. The number of hydrogen-bond donors (Lipinski definition) is 3. The number of nitrogens with one attached hydrogen (secondary N) is 1. The molecule has 54 heavy (non-hydrogen) atoms. The molecular weight excluding hydrogens is 721 g/mol. The second-order valence-corrected chi connectivity index (χ2v) is 14.6. The van der Waals surface area contributed by atoms with E-state index in [0.717, 1.165) is 5.01 Å². The number of halogens is 2. The molecule has 2 aliphatic heterocycles. The summed E-state index contributed by atoms with van der Waals surface area (Å²) in [6, 6.07) is 15.1. The van der Waals surface area contributed by atoms with Crippen molar-refractivity contribution in [2.24, 2.45) is 23.7 Å². The number of likely N-dealkylation sites (tertiary alicyclic amines) is 1. The molecule has 0 spiro atoms. The summed E-state index contributed by atoms with van der Waals surface area (Å²) in [7, 11) is 2.75. The summed E-state index contributed by atoms with van der Waals surface area (Å²) in [5.74, 6) is -7.55. The zero-order chi connectivity index (χ0) is 38.5. The van der Waals surface area contributed by atoms with E-state index in [-0.39, 0.29) is 54.9 Å². The minimum absolute atomic E-state index is 0.00669. The van der Waals surface area contributed by atoms with Crippen LogP contribution in [0.25, 0.3) is 0 Å².